The minimum absolute atomic E-state index is 0.564. The Morgan fingerprint density at radius 3 is 1.86 bits per heavy atom. The summed E-state index contributed by atoms with van der Waals surface area (Å²) in [6.07, 6.45) is -22.7. The van der Waals surface area contributed by atoms with Gasteiger partial charge in [-0.2, -0.15) is 0 Å². The van der Waals surface area contributed by atoms with Crippen molar-refractivity contribution in [3.05, 3.63) is 0 Å². The first-order valence-corrected chi connectivity index (χ1v) is 11.6. The van der Waals surface area contributed by atoms with Gasteiger partial charge < -0.3 is 80.1 Å². The van der Waals surface area contributed by atoms with Gasteiger partial charge in [0.15, 0.2) is 18.9 Å². The van der Waals surface area contributed by atoms with E-state index in [1.807, 2.05) is 0 Å². The van der Waals surface area contributed by atoms with Gasteiger partial charge in [0.25, 0.3) is 0 Å². The predicted octanol–water partition coefficient (Wildman–Crippen LogP) is -7.43. The molecule has 0 aromatic rings. The van der Waals surface area contributed by atoms with Gasteiger partial charge in [-0.05, 0) is 0 Å². The average molecular weight is 545 g/mol. The van der Waals surface area contributed by atoms with Crippen LogP contribution in [0.1, 0.15) is 6.92 Å². The van der Waals surface area contributed by atoms with Crippen LogP contribution in [-0.2, 0) is 28.5 Å². The van der Waals surface area contributed by atoms with Crippen LogP contribution in [-0.4, -0.2) is 169 Å². The summed E-state index contributed by atoms with van der Waals surface area (Å²) in [4.78, 5) is 11.8. The third-order valence-electron chi connectivity index (χ3n) is 6.47. The average Bonchev–Trinajstić information content (AvgIpc) is 2.86. The van der Waals surface area contributed by atoms with Crippen molar-refractivity contribution in [3.63, 3.8) is 0 Å². The zero-order chi connectivity index (χ0) is 27.6. The molecule has 37 heavy (non-hydrogen) atoms. The van der Waals surface area contributed by atoms with Gasteiger partial charge in [-0.15, -0.1) is 0 Å². The maximum Gasteiger partial charge on any atom is 0.217 e. The normalized spacial score (nSPS) is 49.0. The lowest BCUT2D eigenvalue weighted by molar-refractivity contribution is -0.352. The van der Waals surface area contributed by atoms with Crippen LogP contribution in [0.25, 0.3) is 0 Å². The van der Waals surface area contributed by atoms with Crippen molar-refractivity contribution in [3.8, 4) is 0 Å². The second-order valence-electron chi connectivity index (χ2n) is 9.11. The number of nitrogens with one attached hydrogen (secondary N) is 1. The summed E-state index contributed by atoms with van der Waals surface area (Å²) >= 11 is 0. The van der Waals surface area contributed by atoms with Crippen LogP contribution in [0.4, 0.5) is 0 Å². The number of ether oxygens (including phenoxy) is 5. The van der Waals surface area contributed by atoms with Crippen LogP contribution < -0.4 is 5.32 Å². The molecular weight excluding hydrogens is 510 g/mol. The molecule has 0 saturated carbocycles. The summed E-state index contributed by atoms with van der Waals surface area (Å²) in [6.45, 7) is -0.959. The Labute approximate surface area is 210 Å². The van der Waals surface area contributed by atoms with E-state index in [9.17, 15) is 55.9 Å². The van der Waals surface area contributed by atoms with Crippen LogP contribution >= 0.6 is 0 Å². The van der Waals surface area contributed by atoms with Crippen molar-refractivity contribution < 1.29 is 79.5 Å². The highest BCUT2D eigenvalue weighted by Gasteiger charge is 2.52. The van der Waals surface area contributed by atoms with Crippen LogP contribution in [0.5, 0.6) is 0 Å². The van der Waals surface area contributed by atoms with E-state index in [2.05, 4.69) is 5.32 Å². The van der Waals surface area contributed by atoms with Crippen molar-refractivity contribution >= 4 is 5.91 Å². The fourth-order valence-corrected chi connectivity index (χ4v) is 4.36. The van der Waals surface area contributed by atoms with E-state index in [1.54, 1.807) is 0 Å². The van der Waals surface area contributed by atoms with Crippen LogP contribution in [0.2, 0.25) is 0 Å². The first kappa shape index (κ1) is 30.4. The molecule has 15 atom stereocenters. The van der Waals surface area contributed by atoms with Gasteiger partial charge in [-0.3, -0.25) is 4.79 Å². The molecule has 3 aliphatic rings. The number of carbonyl (C=O) groups is 1. The number of aliphatic hydroxyl groups is 10. The Balaban J connectivity index is 1.74. The van der Waals surface area contributed by atoms with Crippen molar-refractivity contribution in [2.24, 2.45) is 0 Å². The molecule has 0 bridgehead atoms. The topological polar surface area (TPSA) is 278 Å². The van der Waals surface area contributed by atoms with E-state index in [1.165, 1.54) is 0 Å². The summed E-state index contributed by atoms with van der Waals surface area (Å²) in [5.41, 5.74) is 0. The van der Waals surface area contributed by atoms with Gasteiger partial charge >= 0.3 is 0 Å². The largest absolute Gasteiger partial charge is 0.394 e. The Bertz CT molecular complexity index is 745. The molecule has 3 heterocycles. The van der Waals surface area contributed by atoms with E-state index in [0.29, 0.717) is 0 Å². The summed E-state index contributed by atoms with van der Waals surface area (Å²) in [6, 6.07) is -1.38. The lowest BCUT2D eigenvalue weighted by atomic mass is 9.95. The molecule has 0 aromatic heterocycles. The highest BCUT2D eigenvalue weighted by atomic mass is 16.7. The summed E-state index contributed by atoms with van der Waals surface area (Å²) in [5.74, 6) is -0.641. The molecule has 17 heteroatoms. The van der Waals surface area contributed by atoms with Crippen LogP contribution in [0.3, 0.4) is 0 Å². The van der Waals surface area contributed by atoms with E-state index < -0.39 is 118 Å². The molecule has 17 nitrogen and oxygen atoms in total. The van der Waals surface area contributed by atoms with E-state index >= 15 is 0 Å². The standard InChI is InChI=1S/C20H35NO16/c1-5(24)21-9-12(27)17(37-20-16(31)14(29)10(25)6(2-22)35-20)7(3-23)36-19(9)33-4-8-11(26)13(28)15(30)18(32)34-8/h6-20,22-23,25-32H,2-4H2,1H3,(H,21,24)/t6-,7-,8-,9-,10+,11+,12-,13+,14+,15-,16-,17-,18?,19+,20+/m1/s1. The lowest BCUT2D eigenvalue weighted by Crippen LogP contribution is -2.68. The SMILES string of the molecule is CC(=O)N[C@H]1[C@@H](OC[C@H]2OC(O)[C@H](O)[C@@H](O)[C@H]2O)O[C@H](CO)[C@@H](O[C@@H]2O[C@H](CO)[C@H](O)[C@H](O)[C@H]2O)[C@@H]1O. The quantitative estimate of drug-likeness (QED) is 0.135. The first-order valence-electron chi connectivity index (χ1n) is 11.6. The number of amides is 1. The van der Waals surface area contributed by atoms with Crippen LogP contribution in [0, 0.1) is 0 Å². The number of aliphatic hydroxyl groups excluding tert-OH is 10. The van der Waals surface area contributed by atoms with E-state index in [0.717, 1.165) is 6.92 Å². The smallest absolute Gasteiger partial charge is 0.217 e. The van der Waals surface area contributed by atoms with Gasteiger partial charge in [0.1, 0.15) is 73.2 Å². The number of rotatable bonds is 8. The molecule has 3 aliphatic heterocycles. The van der Waals surface area contributed by atoms with Gasteiger partial charge in [-0.25, -0.2) is 0 Å². The minimum atomic E-state index is -1.84. The van der Waals surface area contributed by atoms with Gasteiger partial charge in [0, 0.05) is 6.92 Å². The number of carbonyl (C=O) groups excluding carboxylic acids is 1. The zero-order valence-corrected chi connectivity index (χ0v) is 19.7. The third kappa shape index (κ3) is 6.55. The minimum Gasteiger partial charge on any atom is -0.394 e. The first-order chi connectivity index (χ1) is 17.4. The maximum atomic E-state index is 11.8. The van der Waals surface area contributed by atoms with Crippen molar-refractivity contribution in [2.45, 2.75) is 99.0 Å². The van der Waals surface area contributed by atoms with Crippen LogP contribution in [0.15, 0.2) is 0 Å². The molecule has 0 aromatic carbocycles. The van der Waals surface area contributed by atoms with Crippen molar-refractivity contribution in [1.82, 2.24) is 5.32 Å². The molecule has 216 valence electrons. The van der Waals surface area contributed by atoms with Crippen molar-refractivity contribution in [1.29, 1.82) is 0 Å². The Morgan fingerprint density at radius 1 is 0.703 bits per heavy atom. The molecule has 0 aliphatic carbocycles. The maximum absolute atomic E-state index is 11.8. The highest BCUT2D eigenvalue weighted by Crippen LogP contribution is 2.30. The molecule has 0 spiro atoms. The fraction of sp³-hybridized carbons (Fsp3) is 0.950. The second kappa shape index (κ2) is 12.8. The van der Waals surface area contributed by atoms with Crippen molar-refractivity contribution in [2.75, 3.05) is 19.8 Å². The molecule has 3 saturated heterocycles. The molecule has 1 unspecified atom stereocenters. The molecular formula is C20H35NO16. The zero-order valence-electron chi connectivity index (χ0n) is 19.7. The van der Waals surface area contributed by atoms with Gasteiger partial charge in [0.05, 0.1) is 19.8 Å². The van der Waals surface area contributed by atoms with Gasteiger partial charge in [0.2, 0.25) is 5.91 Å². The molecule has 3 rings (SSSR count). The fourth-order valence-electron chi connectivity index (χ4n) is 4.36. The second-order valence-corrected chi connectivity index (χ2v) is 9.11. The molecule has 3 fully saturated rings. The predicted molar refractivity (Wildman–Crippen MR) is 113 cm³/mol. The summed E-state index contributed by atoms with van der Waals surface area (Å²) in [7, 11) is 0. The Morgan fingerprint density at radius 2 is 1.27 bits per heavy atom. The molecule has 11 N–H and O–H groups in total. The molecule has 1 amide bonds. The Kier molecular flexibility index (Phi) is 10.5. The Hall–Kier alpha value is -1.13. The monoisotopic (exact) mass is 545 g/mol. The van der Waals surface area contributed by atoms with E-state index in [-0.39, 0.29) is 0 Å². The number of hydrogen-bond donors (Lipinski definition) is 11. The third-order valence-corrected chi connectivity index (χ3v) is 6.47. The molecule has 0 radical (unpaired) electrons. The lowest BCUT2D eigenvalue weighted by Gasteiger charge is -2.47. The summed E-state index contributed by atoms with van der Waals surface area (Å²) < 4.78 is 27.0. The highest BCUT2D eigenvalue weighted by molar-refractivity contribution is 5.73. The number of hydrogen-bond acceptors (Lipinski definition) is 16. The summed E-state index contributed by atoms with van der Waals surface area (Å²) in [5, 5.41) is 102. The van der Waals surface area contributed by atoms with Gasteiger partial charge in [-0.1, -0.05) is 0 Å². The van der Waals surface area contributed by atoms with E-state index in [4.69, 9.17) is 23.7 Å².